The highest BCUT2D eigenvalue weighted by atomic mass is 16.5. The first-order valence-corrected chi connectivity index (χ1v) is 6.24. The number of carboxylic acids is 1. The zero-order valence-corrected chi connectivity index (χ0v) is 11.0. The molecule has 0 fully saturated rings. The predicted octanol–water partition coefficient (Wildman–Crippen LogP) is 2.57. The molecule has 100 valence electrons. The van der Waals surface area contributed by atoms with Crippen molar-refractivity contribution in [3.63, 3.8) is 0 Å². The molecule has 4 heteroatoms. The molecule has 1 unspecified atom stereocenters. The molecule has 4 nitrogen and oxygen atoms in total. The third-order valence-electron chi connectivity index (χ3n) is 2.94. The van der Waals surface area contributed by atoms with Crippen molar-refractivity contribution in [3.8, 4) is 0 Å². The van der Waals surface area contributed by atoms with Gasteiger partial charge in [0.25, 0.3) is 0 Å². The summed E-state index contributed by atoms with van der Waals surface area (Å²) in [6, 6.07) is 5.02. The maximum atomic E-state index is 11.1. The SMILES string of the molecule is CCOCC(C)CCc1c(N)cccc1C(=O)O. The van der Waals surface area contributed by atoms with E-state index in [-0.39, 0.29) is 0 Å². The Labute approximate surface area is 108 Å². The van der Waals surface area contributed by atoms with E-state index < -0.39 is 5.97 Å². The van der Waals surface area contributed by atoms with Gasteiger partial charge in [-0.3, -0.25) is 0 Å². The first-order valence-electron chi connectivity index (χ1n) is 6.24. The summed E-state index contributed by atoms with van der Waals surface area (Å²) >= 11 is 0. The van der Waals surface area contributed by atoms with Gasteiger partial charge < -0.3 is 15.6 Å². The molecule has 0 saturated heterocycles. The summed E-state index contributed by atoms with van der Waals surface area (Å²) in [6.45, 7) is 5.46. The molecule has 0 bridgehead atoms. The third-order valence-corrected chi connectivity index (χ3v) is 2.94. The average Bonchev–Trinajstić information content (AvgIpc) is 2.34. The van der Waals surface area contributed by atoms with E-state index in [9.17, 15) is 4.79 Å². The van der Waals surface area contributed by atoms with Gasteiger partial charge in [-0.1, -0.05) is 13.0 Å². The van der Waals surface area contributed by atoms with Crippen LogP contribution in [0.4, 0.5) is 5.69 Å². The van der Waals surface area contributed by atoms with Crippen LogP contribution in [-0.4, -0.2) is 24.3 Å². The normalized spacial score (nSPS) is 12.3. The molecule has 1 aromatic rings. The lowest BCUT2D eigenvalue weighted by Gasteiger charge is -2.13. The highest BCUT2D eigenvalue weighted by molar-refractivity contribution is 5.91. The fourth-order valence-electron chi connectivity index (χ4n) is 1.88. The number of rotatable bonds is 7. The maximum Gasteiger partial charge on any atom is 0.336 e. The Hall–Kier alpha value is -1.55. The van der Waals surface area contributed by atoms with Crippen molar-refractivity contribution in [1.82, 2.24) is 0 Å². The fraction of sp³-hybridized carbons (Fsp3) is 0.500. The predicted molar refractivity (Wildman–Crippen MR) is 71.8 cm³/mol. The van der Waals surface area contributed by atoms with Crippen molar-refractivity contribution in [2.45, 2.75) is 26.7 Å². The van der Waals surface area contributed by atoms with E-state index in [1.165, 1.54) is 0 Å². The zero-order chi connectivity index (χ0) is 13.5. The Bertz CT molecular complexity index is 404. The van der Waals surface area contributed by atoms with E-state index in [0.29, 0.717) is 36.8 Å². The Morgan fingerprint density at radius 1 is 1.50 bits per heavy atom. The van der Waals surface area contributed by atoms with E-state index in [4.69, 9.17) is 15.6 Å². The molecule has 3 N–H and O–H groups in total. The second-order valence-corrected chi connectivity index (χ2v) is 4.48. The lowest BCUT2D eigenvalue weighted by molar-refractivity contribution is 0.0695. The molecule has 0 aromatic heterocycles. The number of nitrogen functional groups attached to an aromatic ring is 1. The van der Waals surface area contributed by atoms with Crippen LogP contribution < -0.4 is 5.73 Å². The fourth-order valence-corrected chi connectivity index (χ4v) is 1.88. The summed E-state index contributed by atoms with van der Waals surface area (Å²) < 4.78 is 5.34. The minimum atomic E-state index is -0.922. The van der Waals surface area contributed by atoms with E-state index in [0.717, 1.165) is 12.0 Å². The number of carboxylic acid groups (broad SMARTS) is 1. The lowest BCUT2D eigenvalue weighted by atomic mass is 9.96. The largest absolute Gasteiger partial charge is 0.478 e. The average molecular weight is 251 g/mol. The van der Waals surface area contributed by atoms with Gasteiger partial charge in [0.2, 0.25) is 0 Å². The molecule has 0 heterocycles. The summed E-state index contributed by atoms with van der Waals surface area (Å²) in [6.07, 6.45) is 1.54. The molecule has 0 aliphatic rings. The summed E-state index contributed by atoms with van der Waals surface area (Å²) in [4.78, 5) is 11.1. The number of nitrogens with two attached hydrogens (primary N) is 1. The molecule has 1 rings (SSSR count). The second-order valence-electron chi connectivity index (χ2n) is 4.48. The van der Waals surface area contributed by atoms with Crippen molar-refractivity contribution in [2.75, 3.05) is 18.9 Å². The summed E-state index contributed by atoms with van der Waals surface area (Å²) in [7, 11) is 0. The summed E-state index contributed by atoms with van der Waals surface area (Å²) in [5.41, 5.74) is 7.44. The van der Waals surface area contributed by atoms with Crippen LogP contribution >= 0.6 is 0 Å². The van der Waals surface area contributed by atoms with Crippen LogP contribution in [0, 0.1) is 5.92 Å². The third kappa shape index (κ3) is 4.04. The number of carbonyl (C=O) groups is 1. The van der Waals surface area contributed by atoms with Gasteiger partial charge in [0.05, 0.1) is 5.56 Å². The Morgan fingerprint density at radius 2 is 2.22 bits per heavy atom. The second kappa shape index (κ2) is 7.01. The number of anilines is 1. The van der Waals surface area contributed by atoms with Crippen molar-refractivity contribution in [1.29, 1.82) is 0 Å². The standard InChI is InChI=1S/C14H21NO3/c1-3-18-9-10(2)7-8-11-12(14(16)17)5-4-6-13(11)15/h4-6,10H,3,7-9,15H2,1-2H3,(H,16,17). The van der Waals surface area contributed by atoms with Crippen LogP contribution in [0.25, 0.3) is 0 Å². The van der Waals surface area contributed by atoms with Crippen molar-refractivity contribution < 1.29 is 14.6 Å². The van der Waals surface area contributed by atoms with Gasteiger partial charge >= 0.3 is 5.97 Å². The van der Waals surface area contributed by atoms with Crippen molar-refractivity contribution in [3.05, 3.63) is 29.3 Å². The molecule has 0 aliphatic heterocycles. The quantitative estimate of drug-likeness (QED) is 0.730. The highest BCUT2D eigenvalue weighted by Crippen LogP contribution is 2.21. The van der Waals surface area contributed by atoms with Gasteiger partial charge in [0.15, 0.2) is 0 Å². The minimum Gasteiger partial charge on any atom is -0.478 e. The first kappa shape index (κ1) is 14.5. The Morgan fingerprint density at radius 3 is 2.83 bits per heavy atom. The van der Waals surface area contributed by atoms with E-state index >= 15 is 0 Å². The zero-order valence-electron chi connectivity index (χ0n) is 11.0. The van der Waals surface area contributed by atoms with E-state index in [2.05, 4.69) is 6.92 Å². The molecule has 0 aliphatic carbocycles. The molecule has 0 amide bonds. The number of hydrogen-bond donors (Lipinski definition) is 2. The topological polar surface area (TPSA) is 72.5 Å². The molecule has 0 saturated carbocycles. The molecular weight excluding hydrogens is 230 g/mol. The van der Waals surface area contributed by atoms with Gasteiger partial charge in [0, 0.05) is 18.9 Å². The van der Waals surface area contributed by atoms with Crippen molar-refractivity contribution in [2.24, 2.45) is 5.92 Å². The molecule has 1 aromatic carbocycles. The molecular formula is C14H21NO3. The molecule has 0 spiro atoms. The maximum absolute atomic E-state index is 11.1. The highest BCUT2D eigenvalue weighted by Gasteiger charge is 2.13. The number of ether oxygens (including phenoxy) is 1. The molecule has 18 heavy (non-hydrogen) atoms. The summed E-state index contributed by atoms with van der Waals surface area (Å²) in [5.74, 6) is -0.527. The minimum absolute atomic E-state index is 0.304. The Balaban J connectivity index is 2.69. The molecule has 1 atom stereocenters. The van der Waals surface area contributed by atoms with Gasteiger partial charge in [0.1, 0.15) is 0 Å². The van der Waals surface area contributed by atoms with Gasteiger partial charge in [-0.05, 0) is 43.4 Å². The van der Waals surface area contributed by atoms with Crippen LogP contribution in [0.5, 0.6) is 0 Å². The van der Waals surface area contributed by atoms with Gasteiger partial charge in [-0.25, -0.2) is 4.79 Å². The van der Waals surface area contributed by atoms with Crippen LogP contribution in [0.2, 0.25) is 0 Å². The summed E-state index contributed by atoms with van der Waals surface area (Å²) in [5, 5.41) is 9.12. The van der Waals surface area contributed by atoms with E-state index in [1.807, 2.05) is 6.92 Å². The number of aromatic carboxylic acids is 1. The smallest absolute Gasteiger partial charge is 0.336 e. The van der Waals surface area contributed by atoms with Gasteiger partial charge in [-0.15, -0.1) is 0 Å². The Kier molecular flexibility index (Phi) is 5.65. The van der Waals surface area contributed by atoms with Crippen LogP contribution in [0.1, 0.15) is 36.2 Å². The van der Waals surface area contributed by atoms with Crippen LogP contribution in [0.15, 0.2) is 18.2 Å². The molecule has 0 radical (unpaired) electrons. The van der Waals surface area contributed by atoms with E-state index in [1.54, 1.807) is 18.2 Å². The monoisotopic (exact) mass is 251 g/mol. The first-order chi connectivity index (χ1) is 8.56. The number of benzene rings is 1. The van der Waals surface area contributed by atoms with Crippen LogP contribution in [0.3, 0.4) is 0 Å². The van der Waals surface area contributed by atoms with Gasteiger partial charge in [-0.2, -0.15) is 0 Å². The lowest BCUT2D eigenvalue weighted by Crippen LogP contribution is -2.10. The van der Waals surface area contributed by atoms with Crippen LogP contribution in [-0.2, 0) is 11.2 Å². The van der Waals surface area contributed by atoms with Crippen molar-refractivity contribution >= 4 is 11.7 Å². The number of hydrogen-bond acceptors (Lipinski definition) is 3.